The molecule has 0 bridgehead atoms. The fourth-order valence-electron chi connectivity index (χ4n) is 2.61. The van der Waals surface area contributed by atoms with Crippen LogP contribution in [-0.2, 0) is 14.3 Å². The Labute approximate surface area is 133 Å². The molecule has 1 aromatic rings. The lowest BCUT2D eigenvalue weighted by atomic mass is 9.98. The van der Waals surface area contributed by atoms with Gasteiger partial charge in [0.05, 0.1) is 24.4 Å². The molecule has 1 N–H and O–H groups in total. The number of aliphatic carboxylic acids is 1. The SMILES string of the molecule is C[C@H]1[C@@H](c2ccccc2)OC(=O)N1C(=O)[C@@H](CC#N)CC(=O)O. The first-order valence-corrected chi connectivity index (χ1v) is 7.13. The summed E-state index contributed by atoms with van der Waals surface area (Å²) >= 11 is 0. The van der Waals surface area contributed by atoms with Gasteiger partial charge >= 0.3 is 12.1 Å². The van der Waals surface area contributed by atoms with E-state index in [1.165, 1.54) is 0 Å². The molecule has 7 nitrogen and oxygen atoms in total. The number of imide groups is 1. The summed E-state index contributed by atoms with van der Waals surface area (Å²) in [5, 5.41) is 17.6. The van der Waals surface area contributed by atoms with Gasteiger partial charge in [-0.25, -0.2) is 9.69 Å². The van der Waals surface area contributed by atoms with Crippen LogP contribution in [0.25, 0.3) is 0 Å². The molecule has 1 heterocycles. The van der Waals surface area contributed by atoms with E-state index in [4.69, 9.17) is 15.1 Å². The van der Waals surface area contributed by atoms with Gasteiger partial charge in [-0.3, -0.25) is 9.59 Å². The summed E-state index contributed by atoms with van der Waals surface area (Å²) in [6.45, 7) is 1.66. The van der Waals surface area contributed by atoms with Crippen molar-refractivity contribution in [2.24, 2.45) is 5.92 Å². The topological polar surface area (TPSA) is 108 Å². The smallest absolute Gasteiger partial charge is 0.417 e. The van der Waals surface area contributed by atoms with Crippen molar-refractivity contribution in [3.05, 3.63) is 35.9 Å². The Morgan fingerprint density at radius 1 is 1.39 bits per heavy atom. The van der Waals surface area contributed by atoms with Gasteiger partial charge in [0, 0.05) is 6.42 Å². The molecule has 1 aliphatic heterocycles. The van der Waals surface area contributed by atoms with Crippen LogP contribution in [0, 0.1) is 17.2 Å². The quantitative estimate of drug-likeness (QED) is 0.891. The predicted molar refractivity (Wildman–Crippen MR) is 77.9 cm³/mol. The Balaban J connectivity index is 2.21. The normalized spacial score (nSPS) is 21.4. The number of carboxylic acids is 1. The number of benzene rings is 1. The minimum absolute atomic E-state index is 0.266. The van der Waals surface area contributed by atoms with Gasteiger partial charge in [0.1, 0.15) is 6.10 Å². The summed E-state index contributed by atoms with van der Waals surface area (Å²) in [5.41, 5.74) is 0.749. The van der Waals surface area contributed by atoms with E-state index in [1.807, 2.05) is 6.07 Å². The molecule has 23 heavy (non-hydrogen) atoms. The molecule has 0 aliphatic carbocycles. The molecule has 1 fully saturated rings. The van der Waals surface area contributed by atoms with Gasteiger partial charge in [0.15, 0.2) is 0 Å². The Bertz CT molecular complexity index is 652. The maximum absolute atomic E-state index is 12.5. The Morgan fingerprint density at radius 2 is 2.04 bits per heavy atom. The second-order valence-electron chi connectivity index (χ2n) is 5.32. The first-order chi connectivity index (χ1) is 11.0. The molecule has 120 valence electrons. The number of carbonyl (C=O) groups is 3. The number of nitriles is 1. The molecule has 0 unspecified atom stereocenters. The van der Waals surface area contributed by atoms with Gasteiger partial charge in [-0.05, 0) is 12.5 Å². The van der Waals surface area contributed by atoms with Crippen LogP contribution in [0.4, 0.5) is 4.79 Å². The molecule has 0 saturated carbocycles. The number of carboxylic acid groups (broad SMARTS) is 1. The van der Waals surface area contributed by atoms with Crippen LogP contribution in [0.1, 0.15) is 31.4 Å². The average Bonchev–Trinajstić information content (AvgIpc) is 2.81. The van der Waals surface area contributed by atoms with Gasteiger partial charge < -0.3 is 9.84 Å². The van der Waals surface area contributed by atoms with Gasteiger partial charge in [-0.15, -0.1) is 0 Å². The van der Waals surface area contributed by atoms with E-state index in [0.717, 1.165) is 10.5 Å². The number of rotatable bonds is 5. The Morgan fingerprint density at radius 3 is 2.61 bits per heavy atom. The molecule has 7 heteroatoms. The minimum atomic E-state index is -1.20. The Hall–Kier alpha value is -2.88. The molecule has 1 aliphatic rings. The number of hydrogen-bond donors (Lipinski definition) is 1. The summed E-state index contributed by atoms with van der Waals surface area (Å²) in [7, 11) is 0. The highest BCUT2D eigenvalue weighted by atomic mass is 16.6. The van der Waals surface area contributed by atoms with Crippen LogP contribution in [0.3, 0.4) is 0 Å². The lowest BCUT2D eigenvalue weighted by molar-refractivity contribution is -0.143. The number of amides is 2. The molecule has 2 amide bonds. The summed E-state index contributed by atoms with van der Waals surface area (Å²) in [6, 6.07) is 10.2. The third kappa shape index (κ3) is 3.48. The largest absolute Gasteiger partial charge is 0.481 e. The zero-order valence-corrected chi connectivity index (χ0v) is 12.5. The van der Waals surface area contributed by atoms with E-state index < -0.39 is 42.5 Å². The summed E-state index contributed by atoms with van der Waals surface area (Å²) in [6.07, 6.45) is -2.19. The van der Waals surface area contributed by atoms with Crippen molar-refractivity contribution >= 4 is 18.0 Å². The molecule has 2 rings (SSSR count). The fraction of sp³-hybridized carbons (Fsp3) is 0.375. The maximum Gasteiger partial charge on any atom is 0.417 e. The number of nitrogens with zero attached hydrogens (tertiary/aromatic N) is 2. The van der Waals surface area contributed by atoms with E-state index in [1.54, 1.807) is 37.3 Å². The summed E-state index contributed by atoms with van der Waals surface area (Å²) in [4.78, 5) is 36.3. The van der Waals surface area contributed by atoms with Crippen LogP contribution in [0.2, 0.25) is 0 Å². The van der Waals surface area contributed by atoms with E-state index >= 15 is 0 Å². The van der Waals surface area contributed by atoms with Gasteiger partial charge in [0.2, 0.25) is 5.91 Å². The molecule has 0 spiro atoms. The second-order valence-corrected chi connectivity index (χ2v) is 5.32. The molecule has 3 atom stereocenters. The average molecular weight is 316 g/mol. The summed E-state index contributed by atoms with van der Waals surface area (Å²) in [5.74, 6) is -2.95. The molecule has 1 aromatic carbocycles. The second kappa shape index (κ2) is 6.92. The van der Waals surface area contributed by atoms with Crippen molar-refractivity contribution in [1.82, 2.24) is 4.90 Å². The molecule has 0 aromatic heterocycles. The van der Waals surface area contributed by atoms with Gasteiger partial charge in [-0.2, -0.15) is 5.26 Å². The molecule has 0 radical (unpaired) electrons. The van der Waals surface area contributed by atoms with Crippen molar-refractivity contribution in [3.63, 3.8) is 0 Å². The maximum atomic E-state index is 12.5. The first kappa shape index (κ1) is 16.5. The zero-order chi connectivity index (χ0) is 17.0. The van der Waals surface area contributed by atoms with Crippen molar-refractivity contribution < 1.29 is 24.2 Å². The van der Waals surface area contributed by atoms with Crippen LogP contribution >= 0.6 is 0 Å². The number of carbonyl (C=O) groups excluding carboxylic acids is 2. The van der Waals surface area contributed by atoms with Crippen LogP contribution in [-0.4, -0.2) is 34.0 Å². The van der Waals surface area contributed by atoms with Gasteiger partial charge in [-0.1, -0.05) is 30.3 Å². The number of ether oxygens (including phenoxy) is 1. The molecule has 1 saturated heterocycles. The zero-order valence-electron chi connectivity index (χ0n) is 12.5. The molecular formula is C16H16N2O5. The van der Waals surface area contributed by atoms with Crippen LogP contribution in [0.15, 0.2) is 30.3 Å². The van der Waals surface area contributed by atoms with Crippen molar-refractivity contribution in [3.8, 4) is 6.07 Å². The highest BCUT2D eigenvalue weighted by molar-refractivity contribution is 5.96. The first-order valence-electron chi connectivity index (χ1n) is 7.13. The summed E-state index contributed by atoms with van der Waals surface area (Å²) < 4.78 is 5.26. The van der Waals surface area contributed by atoms with Crippen molar-refractivity contribution in [1.29, 1.82) is 5.26 Å². The highest BCUT2D eigenvalue weighted by Crippen LogP contribution is 2.33. The standard InChI is InChI=1S/C16H16N2O5/c1-10-14(11-5-3-2-4-6-11)23-16(22)18(10)15(21)12(7-8-17)9-13(19)20/h2-6,10,12,14H,7,9H2,1H3,(H,19,20)/t10-,12-,14-/m0/s1. The fourth-order valence-corrected chi connectivity index (χ4v) is 2.61. The minimum Gasteiger partial charge on any atom is -0.481 e. The van der Waals surface area contributed by atoms with E-state index in [0.29, 0.717) is 0 Å². The third-order valence-corrected chi connectivity index (χ3v) is 3.74. The van der Waals surface area contributed by atoms with Crippen molar-refractivity contribution in [2.75, 3.05) is 0 Å². The third-order valence-electron chi connectivity index (χ3n) is 3.74. The number of hydrogen-bond acceptors (Lipinski definition) is 5. The number of cyclic esters (lactones) is 1. The monoisotopic (exact) mass is 316 g/mol. The van der Waals surface area contributed by atoms with Crippen LogP contribution < -0.4 is 0 Å². The lowest BCUT2D eigenvalue weighted by Gasteiger charge is -2.22. The van der Waals surface area contributed by atoms with E-state index in [-0.39, 0.29) is 6.42 Å². The van der Waals surface area contributed by atoms with Crippen LogP contribution in [0.5, 0.6) is 0 Å². The van der Waals surface area contributed by atoms with E-state index in [2.05, 4.69) is 0 Å². The van der Waals surface area contributed by atoms with Crippen molar-refractivity contribution in [2.45, 2.75) is 31.9 Å². The van der Waals surface area contributed by atoms with Gasteiger partial charge in [0.25, 0.3) is 0 Å². The van der Waals surface area contributed by atoms with E-state index in [9.17, 15) is 14.4 Å². The highest BCUT2D eigenvalue weighted by Gasteiger charge is 2.45. The predicted octanol–water partition coefficient (Wildman–Crippen LogP) is 2.10. The Kier molecular flexibility index (Phi) is 4.96. The lowest BCUT2D eigenvalue weighted by Crippen LogP contribution is -2.42. The molecular weight excluding hydrogens is 300 g/mol.